The summed E-state index contributed by atoms with van der Waals surface area (Å²) in [6, 6.07) is 11.7. The fraction of sp³-hybridized carbons (Fsp3) is 0.500. The van der Waals surface area contributed by atoms with E-state index in [0.29, 0.717) is 30.1 Å². The van der Waals surface area contributed by atoms with Crippen molar-refractivity contribution in [1.29, 1.82) is 0 Å². The Hall–Kier alpha value is -1.70. The van der Waals surface area contributed by atoms with Crippen LogP contribution in [0.4, 0.5) is 0 Å². The largest absolute Gasteiger partial charge is 0.349 e. The number of carbonyl (C=O) groups excluding carboxylic acids is 1. The van der Waals surface area contributed by atoms with Crippen LogP contribution in [0.1, 0.15) is 57.7 Å². The molecule has 1 aromatic carbocycles. The molecule has 1 amide bonds. The predicted molar refractivity (Wildman–Crippen MR) is 118 cm³/mol. The second-order valence-electron chi connectivity index (χ2n) is 8.71. The van der Waals surface area contributed by atoms with Gasteiger partial charge in [-0.15, -0.1) is 11.3 Å². The maximum atomic E-state index is 12.7. The lowest BCUT2D eigenvalue weighted by Crippen LogP contribution is -2.43. The molecule has 0 aliphatic carbocycles. The number of sulfonamides is 1. The van der Waals surface area contributed by atoms with Crippen LogP contribution < -0.4 is 5.32 Å². The Balaban J connectivity index is 1.56. The standard InChI is InChI=1S/C22H30N2O3S2/c1-16(17-7-9-19(10-8-17)22(2,3)4)23-21(25)18-11-13-24(14-12-18)29(26,27)20-6-5-15-28-20/h5-10,15-16,18H,11-14H2,1-4H3,(H,23,25)/t16-/m0/s1. The number of nitrogens with zero attached hydrogens (tertiary/aromatic N) is 1. The van der Waals surface area contributed by atoms with E-state index in [-0.39, 0.29) is 23.3 Å². The molecule has 0 bridgehead atoms. The Morgan fingerprint density at radius 1 is 1.14 bits per heavy atom. The lowest BCUT2D eigenvalue weighted by Gasteiger charge is -2.31. The lowest BCUT2D eigenvalue weighted by molar-refractivity contribution is -0.126. The zero-order chi connectivity index (χ0) is 21.2. The van der Waals surface area contributed by atoms with Gasteiger partial charge < -0.3 is 5.32 Å². The summed E-state index contributed by atoms with van der Waals surface area (Å²) in [5, 5.41) is 4.87. The van der Waals surface area contributed by atoms with Gasteiger partial charge in [0.1, 0.15) is 4.21 Å². The Bertz CT molecular complexity index is 921. The van der Waals surface area contributed by atoms with Gasteiger partial charge in [-0.1, -0.05) is 51.1 Å². The van der Waals surface area contributed by atoms with Gasteiger partial charge in [-0.05, 0) is 47.8 Å². The highest BCUT2D eigenvalue weighted by molar-refractivity contribution is 7.91. The Morgan fingerprint density at radius 3 is 2.28 bits per heavy atom. The van der Waals surface area contributed by atoms with Crippen LogP contribution in [0.3, 0.4) is 0 Å². The van der Waals surface area contributed by atoms with Gasteiger partial charge in [-0.25, -0.2) is 8.42 Å². The van der Waals surface area contributed by atoms with Crippen molar-refractivity contribution in [1.82, 2.24) is 9.62 Å². The van der Waals surface area contributed by atoms with Gasteiger partial charge >= 0.3 is 0 Å². The van der Waals surface area contributed by atoms with E-state index < -0.39 is 10.0 Å². The summed E-state index contributed by atoms with van der Waals surface area (Å²) >= 11 is 1.23. The van der Waals surface area contributed by atoms with Gasteiger partial charge in [0.25, 0.3) is 10.0 Å². The van der Waals surface area contributed by atoms with Crippen LogP contribution >= 0.6 is 11.3 Å². The first-order valence-electron chi connectivity index (χ1n) is 10.0. The van der Waals surface area contributed by atoms with Crippen LogP contribution in [-0.4, -0.2) is 31.7 Å². The number of thiophene rings is 1. The molecule has 2 aromatic rings. The molecule has 1 atom stereocenters. The molecule has 158 valence electrons. The second kappa shape index (κ2) is 8.58. The highest BCUT2D eigenvalue weighted by Crippen LogP contribution is 2.27. The second-order valence-corrected chi connectivity index (χ2v) is 11.8. The van der Waals surface area contributed by atoms with Gasteiger partial charge in [-0.3, -0.25) is 4.79 Å². The smallest absolute Gasteiger partial charge is 0.252 e. The fourth-order valence-electron chi connectivity index (χ4n) is 3.58. The van der Waals surface area contributed by atoms with Crippen LogP contribution in [0, 0.1) is 5.92 Å². The molecule has 2 heterocycles. The van der Waals surface area contributed by atoms with Gasteiger partial charge in [0.15, 0.2) is 0 Å². The van der Waals surface area contributed by atoms with Crippen LogP contribution in [0.25, 0.3) is 0 Å². The molecule has 0 saturated carbocycles. The first kappa shape index (κ1) is 22.0. The third kappa shape index (κ3) is 5.08. The number of rotatable bonds is 5. The Morgan fingerprint density at radius 2 is 1.76 bits per heavy atom. The first-order valence-corrected chi connectivity index (χ1v) is 12.4. The van der Waals surface area contributed by atoms with Crippen molar-refractivity contribution in [2.24, 2.45) is 5.92 Å². The predicted octanol–water partition coefficient (Wildman–Crippen LogP) is 4.32. The summed E-state index contributed by atoms with van der Waals surface area (Å²) in [7, 11) is -3.43. The summed E-state index contributed by atoms with van der Waals surface area (Å²) < 4.78 is 27.1. The highest BCUT2D eigenvalue weighted by Gasteiger charge is 2.33. The molecule has 0 spiro atoms. The topological polar surface area (TPSA) is 66.5 Å². The number of hydrogen-bond acceptors (Lipinski definition) is 4. The molecule has 0 unspecified atom stereocenters. The number of piperidine rings is 1. The van der Waals surface area contributed by atoms with E-state index in [1.54, 1.807) is 17.5 Å². The molecule has 1 fully saturated rings. The highest BCUT2D eigenvalue weighted by atomic mass is 32.2. The lowest BCUT2D eigenvalue weighted by atomic mass is 9.86. The quantitative estimate of drug-likeness (QED) is 0.762. The van der Waals surface area contributed by atoms with Gasteiger partial charge in [0, 0.05) is 19.0 Å². The van der Waals surface area contributed by atoms with E-state index in [1.165, 1.54) is 21.2 Å². The van der Waals surface area contributed by atoms with Gasteiger partial charge in [0.2, 0.25) is 5.91 Å². The van der Waals surface area contributed by atoms with Crippen molar-refractivity contribution in [3.8, 4) is 0 Å². The molecule has 1 aromatic heterocycles. The average Bonchev–Trinajstić information content (AvgIpc) is 3.23. The van der Waals surface area contributed by atoms with Crippen LogP contribution in [0.15, 0.2) is 46.0 Å². The van der Waals surface area contributed by atoms with Crippen molar-refractivity contribution in [3.05, 3.63) is 52.9 Å². The molecule has 1 aliphatic rings. The molecule has 0 radical (unpaired) electrons. The summed E-state index contributed by atoms with van der Waals surface area (Å²) in [6.07, 6.45) is 1.10. The number of carbonyl (C=O) groups is 1. The van der Waals surface area contributed by atoms with E-state index in [1.807, 2.05) is 6.92 Å². The fourth-order valence-corrected chi connectivity index (χ4v) is 6.20. The SMILES string of the molecule is C[C@H](NC(=O)C1CCN(S(=O)(=O)c2cccs2)CC1)c1ccc(C(C)(C)C)cc1. The van der Waals surface area contributed by atoms with E-state index in [0.717, 1.165) is 5.56 Å². The minimum Gasteiger partial charge on any atom is -0.349 e. The summed E-state index contributed by atoms with van der Waals surface area (Å²) in [4.78, 5) is 12.7. The molecule has 7 heteroatoms. The normalized spacial score (nSPS) is 17.8. The van der Waals surface area contributed by atoms with Crippen molar-refractivity contribution in [2.75, 3.05) is 13.1 Å². The van der Waals surface area contributed by atoms with Crippen molar-refractivity contribution in [3.63, 3.8) is 0 Å². The minimum absolute atomic E-state index is 0.00516. The molecule has 3 rings (SSSR count). The van der Waals surface area contributed by atoms with Crippen LogP contribution in [0.5, 0.6) is 0 Å². The number of benzene rings is 1. The Labute approximate surface area is 178 Å². The van der Waals surface area contributed by atoms with Crippen molar-refractivity contribution in [2.45, 2.75) is 56.2 Å². The zero-order valence-corrected chi connectivity index (χ0v) is 19.1. The van der Waals surface area contributed by atoms with Crippen LogP contribution in [0.2, 0.25) is 0 Å². The maximum Gasteiger partial charge on any atom is 0.252 e. The molecule has 1 N–H and O–H groups in total. The van der Waals surface area contributed by atoms with Gasteiger partial charge in [-0.2, -0.15) is 4.31 Å². The molecular formula is C22H30N2O3S2. The zero-order valence-electron chi connectivity index (χ0n) is 17.5. The van der Waals surface area contributed by atoms with Gasteiger partial charge in [0.05, 0.1) is 6.04 Å². The van der Waals surface area contributed by atoms with E-state index >= 15 is 0 Å². The van der Waals surface area contributed by atoms with E-state index in [9.17, 15) is 13.2 Å². The third-order valence-corrected chi connectivity index (χ3v) is 8.82. The van der Waals surface area contributed by atoms with Crippen molar-refractivity contribution >= 4 is 27.3 Å². The average molecular weight is 435 g/mol. The maximum absolute atomic E-state index is 12.7. The monoisotopic (exact) mass is 434 g/mol. The number of amides is 1. The molecule has 5 nitrogen and oxygen atoms in total. The van der Waals surface area contributed by atoms with Crippen LogP contribution in [-0.2, 0) is 20.2 Å². The Kier molecular flexibility index (Phi) is 6.51. The minimum atomic E-state index is -3.43. The molecular weight excluding hydrogens is 404 g/mol. The first-order chi connectivity index (χ1) is 13.6. The summed E-state index contributed by atoms with van der Waals surface area (Å²) in [5.74, 6) is -0.147. The van der Waals surface area contributed by atoms with E-state index in [2.05, 4.69) is 50.4 Å². The molecule has 29 heavy (non-hydrogen) atoms. The third-order valence-electron chi connectivity index (χ3n) is 5.55. The number of nitrogens with one attached hydrogen (secondary N) is 1. The summed E-state index contributed by atoms with van der Waals surface area (Å²) in [6.45, 7) is 9.29. The van der Waals surface area contributed by atoms with E-state index in [4.69, 9.17) is 0 Å². The van der Waals surface area contributed by atoms with Crippen molar-refractivity contribution < 1.29 is 13.2 Å². The molecule has 1 saturated heterocycles. The number of hydrogen-bond donors (Lipinski definition) is 1. The summed E-state index contributed by atoms with van der Waals surface area (Å²) in [5.41, 5.74) is 2.44. The molecule has 1 aliphatic heterocycles.